The van der Waals surface area contributed by atoms with Crippen LogP contribution in [0, 0.1) is 0 Å². The standard InChI is InChI=1S/C29H27N3O6S/c1-2-38-28(37)20-11-13-22(14-12-20)31-29-32(16-15-19-7-4-3-5-8-19)25(33)18-24(39-29)26(34)30-23-10-6-9-21(17-23)27(35)36/h3-14,17,24H,2,15-16,18H2,1H3,(H,30,34)(H,35,36). The normalized spacial score (nSPS) is 16.1. The van der Waals surface area contributed by atoms with Gasteiger partial charge in [0, 0.05) is 18.7 Å². The number of amidine groups is 1. The zero-order chi connectivity index (χ0) is 27.8. The molecule has 2 amide bonds. The molecule has 1 fully saturated rings. The number of anilines is 1. The quantitative estimate of drug-likeness (QED) is 0.371. The van der Waals surface area contributed by atoms with Gasteiger partial charge in [0.15, 0.2) is 5.17 Å². The number of ether oxygens (including phenoxy) is 1. The molecule has 0 saturated carbocycles. The van der Waals surface area contributed by atoms with E-state index in [0.717, 1.165) is 17.3 Å². The molecule has 1 unspecified atom stereocenters. The molecule has 3 aromatic rings. The Balaban J connectivity index is 1.56. The predicted molar refractivity (Wildman–Crippen MR) is 149 cm³/mol. The fraction of sp³-hybridized carbons (Fsp3) is 0.207. The third-order valence-corrected chi connectivity index (χ3v) is 7.07. The van der Waals surface area contributed by atoms with Gasteiger partial charge in [-0.25, -0.2) is 14.6 Å². The number of hydrogen-bond donors (Lipinski definition) is 2. The minimum absolute atomic E-state index is 0.0370. The molecule has 1 aliphatic rings. The minimum atomic E-state index is -1.11. The van der Waals surface area contributed by atoms with Gasteiger partial charge in [-0.1, -0.05) is 48.2 Å². The summed E-state index contributed by atoms with van der Waals surface area (Å²) in [7, 11) is 0. The van der Waals surface area contributed by atoms with Crippen molar-refractivity contribution in [1.29, 1.82) is 0 Å². The molecule has 3 aromatic carbocycles. The van der Waals surface area contributed by atoms with Crippen LogP contribution >= 0.6 is 11.8 Å². The van der Waals surface area contributed by atoms with E-state index in [1.165, 1.54) is 18.2 Å². The zero-order valence-corrected chi connectivity index (χ0v) is 22.0. The van der Waals surface area contributed by atoms with Crippen molar-refractivity contribution in [3.05, 3.63) is 95.6 Å². The first-order chi connectivity index (χ1) is 18.8. The van der Waals surface area contributed by atoms with Gasteiger partial charge in [-0.3, -0.25) is 14.5 Å². The second-order valence-corrected chi connectivity index (χ2v) is 9.80. The first kappa shape index (κ1) is 27.6. The Bertz CT molecular complexity index is 1390. The van der Waals surface area contributed by atoms with E-state index in [4.69, 9.17) is 4.74 Å². The lowest BCUT2D eigenvalue weighted by atomic mass is 10.1. The van der Waals surface area contributed by atoms with Crippen LogP contribution in [-0.2, 0) is 20.7 Å². The average molecular weight is 546 g/mol. The topological polar surface area (TPSA) is 125 Å². The van der Waals surface area contributed by atoms with Gasteiger partial charge in [-0.15, -0.1) is 0 Å². The van der Waals surface area contributed by atoms with E-state index in [0.29, 0.717) is 35.1 Å². The summed E-state index contributed by atoms with van der Waals surface area (Å²) in [6, 6.07) is 22.2. The molecule has 1 aliphatic heterocycles. The van der Waals surface area contributed by atoms with Crippen molar-refractivity contribution in [2.75, 3.05) is 18.5 Å². The Labute approximate surface area is 229 Å². The Hall–Kier alpha value is -4.44. The van der Waals surface area contributed by atoms with E-state index in [2.05, 4.69) is 10.3 Å². The van der Waals surface area contributed by atoms with Crippen molar-refractivity contribution in [1.82, 2.24) is 4.90 Å². The molecule has 1 atom stereocenters. The Morgan fingerprint density at radius 2 is 1.77 bits per heavy atom. The zero-order valence-electron chi connectivity index (χ0n) is 21.2. The second-order valence-electron chi connectivity index (χ2n) is 8.63. The third-order valence-electron chi connectivity index (χ3n) is 5.88. The number of esters is 1. The van der Waals surface area contributed by atoms with Crippen LogP contribution in [0.3, 0.4) is 0 Å². The highest BCUT2D eigenvalue weighted by atomic mass is 32.2. The Morgan fingerprint density at radius 1 is 1.03 bits per heavy atom. The molecule has 0 aromatic heterocycles. The first-order valence-electron chi connectivity index (χ1n) is 12.3. The van der Waals surface area contributed by atoms with Crippen LogP contribution in [0.4, 0.5) is 11.4 Å². The van der Waals surface area contributed by atoms with E-state index in [1.54, 1.807) is 42.2 Å². The number of carbonyl (C=O) groups excluding carboxylic acids is 3. The van der Waals surface area contributed by atoms with E-state index < -0.39 is 23.1 Å². The van der Waals surface area contributed by atoms with Crippen LogP contribution in [0.2, 0.25) is 0 Å². The highest BCUT2D eigenvalue weighted by Crippen LogP contribution is 2.30. The van der Waals surface area contributed by atoms with Gasteiger partial charge in [0.2, 0.25) is 11.8 Å². The summed E-state index contributed by atoms with van der Waals surface area (Å²) >= 11 is 1.16. The van der Waals surface area contributed by atoms with Crippen molar-refractivity contribution in [3.63, 3.8) is 0 Å². The summed E-state index contributed by atoms with van der Waals surface area (Å²) in [4.78, 5) is 55.9. The van der Waals surface area contributed by atoms with Crippen LogP contribution in [-0.4, -0.2) is 57.3 Å². The number of thioether (sulfide) groups is 1. The number of amides is 2. The van der Waals surface area contributed by atoms with E-state index in [1.807, 2.05) is 30.3 Å². The van der Waals surface area contributed by atoms with Crippen LogP contribution in [0.25, 0.3) is 0 Å². The number of carbonyl (C=O) groups is 4. The molecule has 39 heavy (non-hydrogen) atoms. The molecule has 10 heteroatoms. The van der Waals surface area contributed by atoms with Gasteiger partial charge in [0.1, 0.15) is 5.25 Å². The molecule has 0 bridgehead atoms. The fourth-order valence-electron chi connectivity index (χ4n) is 3.90. The lowest BCUT2D eigenvalue weighted by Crippen LogP contribution is -2.46. The van der Waals surface area contributed by atoms with Crippen molar-refractivity contribution >= 4 is 52.1 Å². The molecule has 0 radical (unpaired) electrons. The number of aliphatic imine (C=N–C) groups is 1. The minimum Gasteiger partial charge on any atom is -0.478 e. The number of nitrogens with zero attached hydrogens (tertiary/aromatic N) is 2. The number of carboxylic acids is 1. The largest absolute Gasteiger partial charge is 0.478 e. The molecule has 0 spiro atoms. The lowest BCUT2D eigenvalue weighted by Gasteiger charge is -2.32. The van der Waals surface area contributed by atoms with Gasteiger partial charge in [-0.05, 0) is 61.4 Å². The van der Waals surface area contributed by atoms with Crippen molar-refractivity contribution in [3.8, 4) is 0 Å². The summed E-state index contributed by atoms with van der Waals surface area (Å²) in [6.07, 6.45) is 0.567. The number of benzene rings is 3. The number of aromatic carboxylic acids is 1. The van der Waals surface area contributed by atoms with Crippen molar-refractivity contribution < 1.29 is 29.0 Å². The summed E-state index contributed by atoms with van der Waals surface area (Å²) in [5.41, 5.74) is 2.33. The van der Waals surface area contributed by atoms with Gasteiger partial charge in [0.05, 0.1) is 23.4 Å². The third kappa shape index (κ3) is 7.32. The number of nitrogens with one attached hydrogen (secondary N) is 1. The van der Waals surface area contributed by atoms with Crippen molar-refractivity contribution in [2.45, 2.75) is 25.0 Å². The molecule has 200 valence electrons. The molecule has 1 heterocycles. The first-order valence-corrected chi connectivity index (χ1v) is 13.2. The summed E-state index contributed by atoms with van der Waals surface area (Å²) in [5.74, 6) is -2.21. The summed E-state index contributed by atoms with van der Waals surface area (Å²) in [5, 5.41) is 11.5. The van der Waals surface area contributed by atoms with Crippen molar-refractivity contribution in [2.24, 2.45) is 4.99 Å². The SMILES string of the molecule is CCOC(=O)c1ccc(N=C2SC(C(=O)Nc3cccc(C(=O)O)c3)CC(=O)N2CCc2ccccc2)cc1. The van der Waals surface area contributed by atoms with Crippen LogP contribution in [0.15, 0.2) is 83.9 Å². The molecule has 4 rings (SSSR count). The van der Waals surface area contributed by atoms with Gasteiger partial charge in [0.25, 0.3) is 0 Å². The fourth-order valence-corrected chi connectivity index (χ4v) is 5.02. The molecule has 0 aliphatic carbocycles. The highest BCUT2D eigenvalue weighted by Gasteiger charge is 2.36. The Kier molecular flexibility index (Phi) is 9.11. The molecule has 1 saturated heterocycles. The second kappa shape index (κ2) is 12.9. The van der Waals surface area contributed by atoms with E-state index >= 15 is 0 Å². The lowest BCUT2D eigenvalue weighted by molar-refractivity contribution is -0.129. The molecule has 9 nitrogen and oxygen atoms in total. The maximum Gasteiger partial charge on any atom is 0.338 e. The number of rotatable bonds is 9. The predicted octanol–water partition coefficient (Wildman–Crippen LogP) is 4.76. The van der Waals surface area contributed by atoms with Crippen LogP contribution in [0.1, 0.15) is 39.6 Å². The van der Waals surface area contributed by atoms with Crippen LogP contribution < -0.4 is 5.32 Å². The van der Waals surface area contributed by atoms with Crippen LogP contribution in [0.5, 0.6) is 0 Å². The summed E-state index contributed by atoms with van der Waals surface area (Å²) in [6.45, 7) is 2.38. The highest BCUT2D eigenvalue weighted by molar-refractivity contribution is 8.15. The number of hydrogen-bond acceptors (Lipinski definition) is 7. The monoisotopic (exact) mass is 545 g/mol. The molecular formula is C29H27N3O6S. The maximum atomic E-state index is 13.3. The number of carboxylic acid groups (broad SMARTS) is 1. The van der Waals surface area contributed by atoms with E-state index in [-0.39, 0.29) is 24.5 Å². The maximum absolute atomic E-state index is 13.3. The molecule has 2 N–H and O–H groups in total. The summed E-state index contributed by atoms with van der Waals surface area (Å²) < 4.78 is 5.02. The van der Waals surface area contributed by atoms with Gasteiger partial charge >= 0.3 is 11.9 Å². The molecular weight excluding hydrogens is 518 g/mol. The Morgan fingerprint density at radius 3 is 2.46 bits per heavy atom. The van der Waals surface area contributed by atoms with Gasteiger partial charge in [-0.2, -0.15) is 0 Å². The van der Waals surface area contributed by atoms with E-state index in [9.17, 15) is 24.3 Å². The van der Waals surface area contributed by atoms with Gasteiger partial charge < -0.3 is 15.2 Å². The smallest absolute Gasteiger partial charge is 0.338 e. The average Bonchev–Trinajstić information content (AvgIpc) is 2.93.